The minimum absolute atomic E-state index is 0.0233. The molecule has 2 aliphatic heterocycles. The molecular weight excluding hydrogens is 398 g/mol. The summed E-state index contributed by atoms with van der Waals surface area (Å²) in [6, 6.07) is 8.03. The zero-order chi connectivity index (χ0) is 21.6. The number of hydrogen-bond acceptors (Lipinski definition) is 8. The number of benzene rings is 1. The van der Waals surface area contributed by atoms with Crippen LogP contribution >= 0.6 is 0 Å². The number of β-amino-alcohol motifs (C(OH)–C–C–N with tert-alkyl or cyclic N) is 1. The first-order chi connectivity index (χ1) is 15.2. The number of ether oxygens (including phenoxy) is 1. The van der Waals surface area contributed by atoms with Gasteiger partial charge in [0, 0.05) is 44.2 Å². The predicted molar refractivity (Wildman–Crippen MR) is 116 cm³/mol. The van der Waals surface area contributed by atoms with Gasteiger partial charge in [0.05, 0.1) is 13.7 Å². The summed E-state index contributed by atoms with van der Waals surface area (Å²) in [5.74, 6) is 1.97. The quantitative estimate of drug-likeness (QED) is 0.649. The summed E-state index contributed by atoms with van der Waals surface area (Å²) in [4.78, 5) is 21.4. The minimum Gasteiger partial charge on any atom is -0.497 e. The molecule has 2 aliphatic rings. The molecule has 0 spiro atoms. The zero-order valence-corrected chi connectivity index (χ0v) is 18.0. The zero-order valence-electron chi connectivity index (χ0n) is 18.0. The average molecular weight is 430 g/mol. The van der Waals surface area contributed by atoms with Gasteiger partial charge < -0.3 is 29.5 Å². The number of aliphatic hydroxyl groups is 1. The summed E-state index contributed by atoms with van der Waals surface area (Å²) in [7, 11) is 1.63. The van der Waals surface area contributed by atoms with E-state index in [0.717, 1.165) is 69.8 Å². The molecule has 2 aromatic rings. The SMILES string of the molecule is COc1ccc(-c2noc(N3CCC(C(=O)NCC4CCN(CCO)C4)CC3)n2)cc1. The lowest BCUT2D eigenvalue weighted by Gasteiger charge is -2.30. The molecule has 1 aromatic heterocycles. The Balaban J connectivity index is 1.23. The Bertz CT molecular complexity index is 848. The molecule has 168 valence electrons. The standard InChI is InChI=1S/C22H31N5O4/c1-30-19-4-2-17(3-5-19)20-24-22(31-25-20)27-10-7-18(8-11-27)21(29)23-14-16-6-9-26(15-16)12-13-28/h2-5,16,18,28H,6-15H2,1H3,(H,23,29). The number of aliphatic hydroxyl groups excluding tert-OH is 1. The molecule has 2 fully saturated rings. The number of anilines is 1. The Morgan fingerprint density at radius 1 is 1.23 bits per heavy atom. The Morgan fingerprint density at radius 2 is 2.00 bits per heavy atom. The van der Waals surface area contributed by atoms with E-state index in [9.17, 15) is 4.79 Å². The van der Waals surface area contributed by atoms with E-state index in [4.69, 9.17) is 14.4 Å². The van der Waals surface area contributed by atoms with Gasteiger partial charge in [-0.15, -0.1) is 0 Å². The maximum atomic E-state index is 12.6. The van der Waals surface area contributed by atoms with Gasteiger partial charge in [-0.05, 0) is 56.0 Å². The van der Waals surface area contributed by atoms with Gasteiger partial charge in [-0.3, -0.25) is 4.79 Å². The van der Waals surface area contributed by atoms with Crippen molar-refractivity contribution in [2.75, 3.05) is 57.9 Å². The van der Waals surface area contributed by atoms with Crippen LogP contribution in [0, 0.1) is 11.8 Å². The van der Waals surface area contributed by atoms with Crippen molar-refractivity contribution in [2.45, 2.75) is 19.3 Å². The van der Waals surface area contributed by atoms with Crippen LogP contribution in [0.5, 0.6) is 5.75 Å². The van der Waals surface area contributed by atoms with E-state index >= 15 is 0 Å². The van der Waals surface area contributed by atoms with Gasteiger partial charge >= 0.3 is 6.01 Å². The number of aromatic nitrogens is 2. The Labute approximate surface area is 182 Å². The third-order valence-corrected chi connectivity index (χ3v) is 6.25. The Hall–Kier alpha value is -2.65. The third-order valence-electron chi connectivity index (χ3n) is 6.25. The van der Waals surface area contributed by atoms with Crippen molar-refractivity contribution in [2.24, 2.45) is 11.8 Å². The Kier molecular flexibility index (Phi) is 7.03. The topological polar surface area (TPSA) is 104 Å². The molecule has 0 bridgehead atoms. The number of carbonyl (C=O) groups is 1. The van der Waals surface area contributed by atoms with Gasteiger partial charge in [0.1, 0.15) is 5.75 Å². The van der Waals surface area contributed by atoms with E-state index in [1.54, 1.807) is 7.11 Å². The van der Waals surface area contributed by atoms with E-state index in [1.807, 2.05) is 29.2 Å². The Morgan fingerprint density at radius 3 is 2.71 bits per heavy atom. The molecule has 0 radical (unpaired) electrons. The highest BCUT2D eigenvalue weighted by molar-refractivity contribution is 5.79. The fourth-order valence-electron chi connectivity index (χ4n) is 4.35. The summed E-state index contributed by atoms with van der Waals surface area (Å²) in [6.45, 7) is 5.02. The van der Waals surface area contributed by atoms with Crippen LogP contribution in [0.4, 0.5) is 6.01 Å². The van der Waals surface area contributed by atoms with Gasteiger partial charge in [-0.2, -0.15) is 4.98 Å². The van der Waals surface area contributed by atoms with Crippen LogP contribution in [-0.2, 0) is 4.79 Å². The molecule has 1 amide bonds. The summed E-state index contributed by atoms with van der Waals surface area (Å²) in [5, 5.41) is 16.3. The normalized spacial score (nSPS) is 20.2. The molecule has 0 saturated carbocycles. The largest absolute Gasteiger partial charge is 0.497 e. The molecule has 9 nitrogen and oxygen atoms in total. The monoisotopic (exact) mass is 429 g/mol. The van der Waals surface area contributed by atoms with Crippen molar-refractivity contribution in [3.05, 3.63) is 24.3 Å². The van der Waals surface area contributed by atoms with Crippen molar-refractivity contribution in [1.82, 2.24) is 20.4 Å². The molecule has 2 saturated heterocycles. The average Bonchev–Trinajstić information content (AvgIpc) is 3.48. The number of nitrogens with zero attached hydrogens (tertiary/aromatic N) is 4. The highest BCUT2D eigenvalue weighted by atomic mass is 16.5. The third kappa shape index (κ3) is 5.34. The molecule has 1 aromatic carbocycles. The molecule has 9 heteroatoms. The van der Waals surface area contributed by atoms with E-state index in [1.165, 1.54) is 0 Å². The summed E-state index contributed by atoms with van der Waals surface area (Å²) in [6.07, 6.45) is 2.62. The fraction of sp³-hybridized carbons (Fsp3) is 0.591. The number of methoxy groups -OCH3 is 1. The van der Waals surface area contributed by atoms with Crippen LogP contribution in [0.15, 0.2) is 28.8 Å². The van der Waals surface area contributed by atoms with Crippen LogP contribution in [0.1, 0.15) is 19.3 Å². The van der Waals surface area contributed by atoms with Gasteiger partial charge in [-0.25, -0.2) is 0 Å². The van der Waals surface area contributed by atoms with Crippen LogP contribution in [0.3, 0.4) is 0 Å². The molecule has 3 heterocycles. The van der Waals surface area contributed by atoms with Crippen LogP contribution in [-0.4, -0.2) is 79.0 Å². The lowest BCUT2D eigenvalue weighted by atomic mass is 9.96. The van der Waals surface area contributed by atoms with Gasteiger partial charge in [-0.1, -0.05) is 5.16 Å². The smallest absolute Gasteiger partial charge is 0.324 e. The summed E-state index contributed by atoms with van der Waals surface area (Å²) >= 11 is 0. The lowest BCUT2D eigenvalue weighted by molar-refractivity contribution is -0.125. The van der Waals surface area contributed by atoms with Crippen LogP contribution < -0.4 is 15.0 Å². The molecule has 2 N–H and O–H groups in total. The van der Waals surface area contributed by atoms with E-state index in [2.05, 4.69) is 20.4 Å². The van der Waals surface area contributed by atoms with Gasteiger partial charge in [0.15, 0.2) is 0 Å². The van der Waals surface area contributed by atoms with Crippen LogP contribution in [0.25, 0.3) is 11.4 Å². The number of rotatable bonds is 8. The second kappa shape index (κ2) is 10.1. The maximum Gasteiger partial charge on any atom is 0.324 e. The maximum absolute atomic E-state index is 12.6. The first-order valence-corrected chi connectivity index (χ1v) is 11.0. The van der Waals surface area contributed by atoms with Crippen molar-refractivity contribution in [1.29, 1.82) is 0 Å². The molecule has 1 unspecified atom stereocenters. The molecular formula is C22H31N5O4. The second-order valence-electron chi connectivity index (χ2n) is 8.31. The fourth-order valence-corrected chi connectivity index (χ4v) is 4.35. The van der Waals surface area contributed by atoms with Crippen molar-refractivity contribution >= 4 is 11.9 Å². The number of amides is 1. The highest BCUT2D eigenvalue weighted by Crippen LogP contribution is 2.26. The molecule has 0 aliphatic carbocycles. The molecule has 4 rings (SSSR count). The number of piperidine rings is 1. The van der Waals surface area contributed by atoms with E-state index in [0.29, 0.717) is 17.8 Å². The lowest BCUT2D eigenvalue weighted by Crippen LogP contribution is -2.42. The second-order valence-corrected chi connectivity index (χ2v) is 8.31. The minimum atomic E-state index is 0.0233. The summed E-state index contributed by atoms with van der Waals surface area (Å²) in [5.41, 5.74) is 0.870. The first-order valence-electron chi connectivity index (χ1n) is 11.0. The first kappa shape index (κ1) is 21.6. The number of hydrogen-bond donors (Lipinski definition) is 2. The van der Waals surface area contributed by atoms with Crippen molar-refractivity contribution < 1.29 is 19.2 Å². The number of likely N-dealkylation sites (tertiary alicyclic amines) is 1. The van der Waals surface area contributed by atoms with Gasteiger partial charge in [0.25, 0.3) is 0 Å². The summed E-state index contributed by atoms with van der Waals surface area (Å²) < 4.78 is 10.6. The number of nitrogens with one attached hydrogen (secondary N) is 1. The molecule has 31 heavy (non-hydrogen) atoms. The van der Waals surface area contributed by atoms with Crippen molar-refractivity contribution in [3.63, 3.8) is 0 Å². The number of carbonyl (C=O) groups excluding carboxylic acids is 1. The van der Waals surface area contributed by atoms with Crippen LogP contribution in [0.2, 0.25) is 0 Å². The molecule has 1 atom stereocenters. The van der Waals surface area contributed by atoms with Gasteiger partial charge in [0.2, 0.25) is 11.7 Å². The van der Waals surface area contributed by atoms with E-state index in [-0.39, 0.29) is 18.4 Å². The highest BCUT2D eigenvalue weighted by Gasteiger charge is 2.29. The van der Waals surface area contributed by atoms with Crippen molar-refractivity contribution in [3.8, 4) is 17.1 Å². The predicted octanol–water partition coefficient (Wildman–Crippen LogP) is 1.39. The van der Waals surface area contributed by atoms with E-state index < -0.39 is 0 Å².